The van der Waals surface area contributed by atoms with Gasteiger partial charge in [0.1, 0.15) is 5.54 Å². The highest BCUT2D eigenvalue weighted by Crippen LogP contribution is 2.36. The molecule has 1 unspecified atom stereocenters. The van der Waals surface area contributed by atoms with Crippen molar-refractivity contribution in [1.29, 1.82) is 0 Å². The lowest BCUT2D eigenvalue weighted by atomic mass is 9.91. The molecule has 2 aliphatic rings. The van der Waals surface area contributed by atoms with Gasteiger partial charge in [-0.1, -0.05) is 6.07 Å². The number of nitrogens with zero attached hydrogens (tertiary/aromatic N) is 1. The fraction of sp³-hybridized carbons (Fsp3) is 0.316. The number of Topliss-reactive ketones (excluding diaryl/α,β-unsaturated/α-hetero) is 1. The molecule has 1 fully saturated rings. The van der Waals surface area contributed by atoms with Crippen molar-refractivity contribution in [2.24, 2.45) is 0 Å². The van der Waals surface area contributed by atoms with Crippen LogP contribution in [0.1, 0.15) is 29.4 Å². The van der Waals surface area contributed by atoms with Crippen LogP contribution in [0.3, 0.4) is 0 Å². The fourth-order valence-corrected chi connectivity index (χ4v) is 3.24. The largest absolute Gasteiger partial charge is 0.490 e. The van der Waals surface area contributed by atoms with Crippen molar-refractivity contribution in [3.05, 3.63) is 47.8 Å². The Hall–Kier alpha value is -3.29. The van der Waals surface area contributed by atoms with Crippen LogP contribution in [-0.4, -0.2) is 47.4 Å². The van der Waals surface area contributed by atoms with Gasteiger partial charge in [0.15, 0.2) is 17.3 Å². The molecule has 1 aromatic heterocycles. The summed E-state index contributed by atoms with van der Waals surface area (Å²) in [6, 6.07) is 7.84. The Balaban J connectivity index is 1.60. The first kappa shape index (κ1) is 17.1. The number of imide groups is 1. The first-order chi connectivity index (χ1) is 13.0. The number of ketones is 1. The SMILES string of the molecule is CC1(c2ccc3c(c2)OCCCO3)NC(=O)N(CC(=O)c2ccc[nH]2)C1=O. The van der Waals surface area contributed by atoms with Gasteiger partial charge in [-0.15, -0.1) is 0 Å². The smallest absolute Gasteiger partial charge is 0.325 e. The van der Waals surface area contributed by atoms with Crippen LogP contribution in [0.4, 0.5) is 4.79 Å². The topological polar surface area (TPSA) is 101 Å². The zero-order valence-electron chi connectivity index (χ0n) is 14.8. The molecule has 3 heterocycles. The summed E-state index contributed by atoms with van der Waals surface area (Å²) >= 11 is 0. The Morgan fingerprint density at radius 1 is 1.19 bits per heavy atom. The number of urea groups is 1. The number of aromatic amines is 1. The lowest BCUT2D eigenvalue weighted by Gasteiger charge is -2.23. The minimum atomic E-state index is -1.28. The molecule has 0 radical (unpaired) electrons. The lowest BCUT2D eigenvalue weighted by molar-refractivity contribution is -0.130. The van der Waals surface area contributed by atoms with E-state index in [0.29, 0.717) is 36.0 Å². The number of ether oxygens (including phenoxy) is 2. The van der Waals surface area contributed by atoms with E-state index in [1.54, 1.807) is 43.5 Å². The highest BCUT2D eigenvalue weighted by atomic mass is 16.5. The van der Waals surface area contributed by atoms with Crippen LogP contribution in [-0.2, 0) is 10.3 Å². The van der Waals surface area contributed by atoms with Gasteiger partial charge < -0.3 is 19.8 Å². The number of rotatable bonds is 4. The van der Waals surface area contributed by atoms with Crippen molar-refractivity contribution in [3.8, 4) is 11.5 Å². The zero-order valence-corrected chi connectivity index (χ0v) is 14.8. The van der Waals surface area contributed by atoms with E-state index in [9.17, 15) is 14.4 Å². The summed E-state index contributed by atoms with van der Waals surface area (Å²) in [6.07, 6.45) is 2.38. The fourth-order valence-electron chi connectivity index (χ4n) is 3.24. The van der Waals surface area contributed by atoms with Crippen LogP contribution in [0.25, 0.3) is 0 Å². The van der Waals surface area contributed by atoms with E-state index in [1.807, 2.05) is 0 Å². The van der Waals surface area contributed by atoms with Crippen LogP contribution < -0.4 is 14.8 Å². The highest BCUT2D eigenvalue weighted by molar-refractivity contribution is 6.11. The first-order valence-electron chi connectivity index (χ1n) is 8.70. The summed E-state index contributed by atoms with van der Waals surface area (Å²) in [5, 5.41) is 2.70. The average Bonchev–Trinajstić information content (AvgIpc) is 3.18. The van der Waals surface area contributed by atoms with Gasteiger partial charge >= 0.3 is 6.03 Å². The van der Waals surface area contributed by atoms with Crippen LogP contribution in [0, 0.1) is 0 Å². The molecule has 2 aromatic rings. The molecule has 4 rings (SSSR count). The number of nitrogens with one attached hydrogen (secondary N) is 2. The molecule has 2 N–H and O–H groups in total. The minimum Gasteiger partial charge on any atom is -0.490 e. The molecule has 0 aliphatic carbocycles. The molecule has 1 saturated heterocycles. The van der Waals surface area contributed by atoms with E-state index in [4.69, 9.17) is 9.47 Å². The summed E-state index contributed by atoms with van der Waals surface area (Å²) in [4.78, 5) is 41.4. The Bertz CT molecular complexity index is 908. The van der Waals surface area contributed by atoms with E-state index >= 15 is 0 Å². The van der Waals surface area contributed by atoms with Crippen LogP contribution in [0.15, 0.2) is 36.5 Å². The molecule has 0 spiro atoms. The van der Waals surface area contributed by atoms with Crippen molar-refractivity contribution in [2.45, 2.75) is 18.9 Å². The Morgan fingerprint density at radius 3 is 2.70 bits per heavy atom. The minimum absolute atomic E-state index is 0.328. The van der Waals surface area contributed by atoms with Crippen molar-refractivity contribution >= 4 is 17.7 Å². The predicted molar refractivity (Wildman–Crippen MR) is 94.8 cm³/mol. The number of carbonyl (C=O) groups is 3. The summed E-state index contributed by atoms with van der Waals surface area (Å²) < 4.78 is 11.3. The molecule has 0 bridgehead atoms. The number of fused-ring (bicyclic) bond motifs is 1. The Morgan fingerprint density at radius 2 is 1.96 bits per heavy atom. The van der Waals surface area contributed by atoms with E-state index in [-0.39, 0.29) is 12.3 Å². The molecule has 27 heavy (non-hydrogen) atoms. The number of hydrogen-bond donors (Lipinski definition) is 2. The number of hydrogen-bond acceptors (Lipinski definition) is 5. The standard InChI is InChI=1S/C19H19N3O5/c1-19(12-5-6-15-16(10-12)27-9-3-8-26-15)17(24)22(18(25)21-19)11-14(23)13-4-2-7-20-13/h2,4-7,10,20H,3,8-9,11H2,1H3,(H,21,25). The molecular formula is C19H19N3O5. The van der Waals surface area contributed by atoms with Crippen LogP contribution >= 0.6 is 0 Å². The second kappa shape index (κ2) is 6.46. The molecule has 0 saturated carbocycles. The Kier molecular flexibility index (Phi) is 4.10. The van der Waals surface area contributed by atoms with Crippen molar-refractivity contribution in [3.63, 3.8) is 0 Å². The summed E-state index contributed by atoms with van der Waals surface area (Å²) in [5.74, 6) is 0.317. The van der Waals surface area contributed by atoms with Crippen molar-refractivity contribution in [2.75, 3.05) is 19.8 Å². The number of benzene rings is 1. The third kappa shape index (κ3) is 2.92. The number of carbonyl (C=O) groups excluding carboxylic acids is 3. The van der Waals surface area contributed by atoms with Gasteiger partial charge in [0.2, 0.25) is 0 Å². The average molecular weight is 369 g/mol. The maximum atomic E-state index is 13.0. The molecule has 8 nitrogen and oxygen atoms in total. The van der Waals surface area contributed by atoms with Gasteiger partial charge in [0.05, 0.1) is 25.5 Å². The van der Waals surface area contributed by atoms with Gasteiger partial charge in [-0.3, -0.25) is 14.5 Å². The summed E-state index contributed by atoms with van der Waals surface area (Å²) in [5.41, 5.74) is -0.364. The molecule has 1 atom stereocenters. The zero-order chi connectivity index (χ0) is 19.0. The van der Waals surface area contributed by atoms with Crippen molar-refractivity contribution < 1.29 is 23.9 Å². The molecule has 1 aromatic carbocycles. The van der Waals surface area contributed by atoms with Gasteiger partial charge in [-0.2, -0.15) is 0 Å². The monoisotopic (exact) mass is 369 g/mol. The maximum Gasteiger partial charge on any atom is 0.325 e. The van der Waals surface area contributed by atoms with E-state index in [1.165, 1.54) is 0 Å². The van der Waals surface area contributed by atoms with Gasteiger partial charge in [0.25, 0.3) is 5.91 Å². The maximum absolute atomic E-state index is 13.0. The third-order valence-corrected chi connectivity index (χ3v) is 4.80. The molecule has 8 heteroatoms. The number of H-pyrrole nitrogens is 1. The number of amides is 3. The van der Waals surface area contributed by atoms with Gasteiger partial charge in [-0.05, 0) is 36.8 Å². The third-order valence-electron chi connectivity index (χ3n) is 4.80. The second-order valence-electron chi connectivity index (χ2n) is 6.67. The van der Waals surface area contributed by atoms with E-state index in [2.05, 4.69) is 10.3 Å². The predicted octanol–water partition coefficient (Wildman–Crippen LogP) is 1.83. The summed E-state index contributed by atoms with van der Waals surface area (Å²) in [7, 11) is 0. The second-order valence-corrected chi connectivity index (χ2v) is 6.67. The molecular weight excluding hydrogens is 350 g/mol. The van der Waals surface area contributed by atoms with Gasteiger partial charge in [-0.25, -0.2) is 4.79 Å². The van der Waals surface area contributed by atoms with Crippen LogP contribution in [0.5, 0.6) is 11.5 Å². The number of aromatic nitrogens is 1. The summed E-state index contributed by atoms with van der Waals surface area (Å²) in [6.45, 7) is 2.37. The normalized spacial score (nSPS) is 21.7. The first-order valence-corrected chi connectivity index (χ1v) is 8.70. The molecule has 140 valence electrons. The lowest BCUT2D eigenvalue weighted by Crippen LogP contribution is -2.41. The quantitative estimate of drug-likeness (QED) is 0.632. The van der Waals surface area contributed by atoms with Gasteiger partial charge in [0, 0.05) is 12.6 Å². The molecule has 2 aliphatic heterocycles. The van der Waals surface area contributed by atoms with E-state index < -0.39 is 17.5 Å². The highest BCUT2D eigenvalue weighted by Gasteiger charge is 2.49. The molecule has 3 amide bonds. The van der Waals surface area contributed by atoms with Crippen molar-refractivity contribution in [1.82, 2.24) is 15.2 Å². The van der Waals surface area contributed by atoms with Crippen LogP contribution in [0.2, 0.25) is 0 Å². The van der Waals surface area contributed by atoms with E-state index in [0.717, 1.165) is 11.3 Å². The Labute approximate surface area is 155 Å².